The largest absolute Gasteiger partial charge is 0.465 e. The van der Waals surface area contributed by atoms with Gasteiger partial charge in [0.15, 0.2) is 0 Å². The molecule has 0 aliphatic rings. The van der Waals surface area contributed by atoms with E-state index in [4.69, 9.17) is 11.6 Å². The molecule has 0 bridgehead atoms. The average Bonchev–Trinajstić information content (AvgIpc) is 2.54. The lowest BCUT2D eigenvalue weighted by molar-refractivity contribution is 0.0600. The van der Waals surface area contributed by atoms with Crippen LogP contribution in [0.2, 0.25) is 5.02 Å². The van der Waals surface area contributed by atoms with E-state index in [0.717, 1.165) is 31.2 Å². The van der Waals surface area contributed by atoms with Crippen molar-refractivity contribution in [2.75, 3.05) is 7.11 Å². The molecule has 0 N–H and O–H groups in total. The number of hydrogen-bond acceptors (Lipinski definition) is 2. The van der Waals surface area contributed by atoms with Crippen molar-refractivity contribution in [1.29, 1.82) is 0 Å². The molecule has 2 aromatic carbocycles. The van der Waals surface area contributed by atoms with Gasteiger partial charge in [-0.2, -0.15) is 0 Å². The van der Waals surface area contributed by atoms with Crippen molar-refractivity contribution in [2.24, 2.45) is 0 Å². The normalized spacial score (nSPS) is 10.5. The second-order valence-electron chi connectivity index (χ2n) is 5.14. The van der Waals surface area contributed by atoms with E-state index in [1.165, 1.54) is 18.7 Å². The van der Waals surface area contributed by atoms with Crippen LogP contribution >= 0.6 is 11.6 Å². The molecule has 2 rings (SSSR count). The molecule has 0 spiro atoms. The van der Waals surface area contributed by atoms with Crippen LogP contribution in [0.5, 0.6) is 0 Å². The molecule has 0 saturated heterocycles. The van der Waals surface area contributed by atoms with E-state index in [2.05, 4.69) is 4.74 Å². The zero-order valence-corrected chi connectivity index (χ0v) is 13.2. The number of carbonyl (C=O) groups is 1. The molecule has 0 atom stereocenters. The highest BCUT2D eigenvalue weighted by Crippen LogP contribution is 2.18. The van der Waals surface area contributed by atoms with Crippen LogP contribution < -0.4 is 0 Å². The highest BCUT2D eigenvalue weighted by atomic mass is 35.5. The lowest BCUT2D eigenvalue weighted by atomic mass is 10.0. The van der Waals surface area contributed by atoms with Gasteiger partial charge in [-0.3, -0.25) is 0 Å². The predicted molar refractivity (Wildman–Crippen MR) is 85.8 cm³/mol. The Bertz CT molecular complexity index is 638. The summed E-state index contributed by atoms with van der Waals surface area (Å²) in [6.07, 6.45) is 3.84. The van der Waals surface area contributed by atoms with Crippen LogP contribution in [0.3, 0.4) is 0 Å². The Morgan fingerprint density at radius 2 is 1.64 bits per heavy atom. The molecule has 116 valence electrons. The number of unbranched alkanes of at least 4 members (excludes halogenated alkanes) is 1. The van der Waals surface area contributed by atoms with Crippen LogP contribution in [0.1, 0.15) is 34.3 Å². The Morgan fingerprint density at radius 1 is 1.05 bits per heavy atom. The Hall–Kier alpha value is -1.87. The number of carbonyl (C=O) groups excluding carboxylic acids is 1. The molecule has 0 heterocycles. The number of halogens is 2. The highest BCUT2D eigenvalue weighted by molar-refractivity contribution is 6.30. The maximum atomic E-state index is 13.1. The molecular weight excluding hydrogens is 303 g/mol. The Balaban J connectivity index is 1.78. The van der Waals surface area contributed by atoms with E-state index in [0.29, 0.717) is 5.56 Å². The van der Waals surface area contributed by atoms with Gasteiger partial charge in [-0.1, -0.05) is 29.8 Å². The van der Waals surface area contributed by atoms with Gasteiger partial charge in [0.25, 0.3) is 0 Å². The van der Waals surface area contributed by atoms with Crippen molar-refractivity contribution in [3.05, 3.63) is 70.0 Å². The summed E-state index contributed by atoms with van der Waals surface area (Å²) in [5, 5.41) is 0.177. The van der Waals surface area contributed by atoms with E-state index in [1.54, 1.807) is 24.3 Å². The number of hydrogen-bond donors (Lipinski definition) is 0. The first-order chi connectivity index (χ1) is 10.6. The number of methoxy groups -OCH3 is 1. The molecule has 0 amide bonds. The summed E-state index contributed by atoms with van der Waals surface area (Å²) >= 11 is 5.76. The summed E-state index contributed by atoms with van der Waals surface area (Å²) in [6.45, 7) is 0. The fraction of sp³-hybridized carbons (Fsp3) is 0.278. The summed E-state index contributed by atoms with van der Waals surface area (Å²) < 4.78 is 17.7. The van der Waals surface area contributed by atoms with Gasteiger partial charge in [-0.05, 0) is 61.1 Å². The fourth-order valence-electron chi connectivity index (χ4n) is 2.28. The summed E-state index contributed by atoms with van der Waals surface area (Å²) in [5.41, 5.74) is 2.80. The van der Waals surface area contributed by atoms with Crippen LogP contribution in [0.4, 0.5) is 4.39 Å². The van der Waals surface area contributed by atoms with Gasteiger partial charge < -0.3 is 4.74 Å². The molecule has 0 aliphatic carbocycles. The summed E-state index contributed by atoms with van der Waals surface area (Å²) in [7, 11) is 1.37. The second-order valence-corrected chi connectivity index (χ2v) is 5.55. The molecule has 4 heteroatoms. The van der Waals surface area contributed by atoms with Crippen LogP contribution in [0.25, 0.3) is 0 Å². The van der Waals surface area contributed by atoms with E-state index in [9.17, 15) is 9.18 Å². The van der Waals surface area contributed by atoms with E-state index < -0.39 is 0 Å². The number of ether oxygens (including phenoxy) is 1. The molecule has 0 unspecified atom stereocenters. The molecule has 22 heavy (non-hydrogen) atoms. The van der Waals surface area contributed by atoms with Gasteiger partial charge in [-0.25, -0.2) is 9.18 Å². The summed E-state index contributed by atoms with van der Waals surface area (Å²) in [6, 6.07) is 12.3. The number of rotatable bonds is 6. The second kappa shape index (κ2) is 7.95. The topological polar surface area (TPSA) is 26.3 Å². The average molecular weight is 321 g/mol. The highest BCUT2D eigenvalue weighted by Gasteiger charge is 2.04. The van der Waals surface area contributed by atoms with Gasteiger partial charge in [0.2, 0.25) is 0 Å². The fourth-order valence-corrected chi connectivity index (χ4v) is 2.48. The van der Waals surface area contributed by atoms with E-state index >= 15 is 0 Å². The molecular formula is C18H18ClFO2. The third-order valence-corrected chi connectivity index (χ3v) is 3.83. The monoisotopic (exact) mass is 320 g/mol. The van der Waals surface area contributed by atoms with E-state index in [1.807, 2.05) is 12.1 Å². The molecule has 2 nitrogen and oxygen atoms in total. The van der Waals surface area contributed by atoms with Gasteiger partial charge in [0.05, 0.1) is 17.7 Å². The molecule has 0 fully saturated rings. The maximum absolute atomic E-state index is 13.1. The first kappa shape index (κ1) is 16.5. The first-order valence-electron chi connectivity index (χ1n) is 7.21. The number of esters is 1. The first-order valence-corrected chi connectivity index (χ1v) is 7.59. The molecule has 0 radical (unpaired) electrons. The van der Waals surface area contributed by atoms with Gasteiger partial charge in [-0.15, -0.1) is 0 Å². The molecule has 0 saturated carbocycles. The third kappa shape index (κ3) is 4.57. The smallest absolute Gasteiger partial charge is 0.337 e. The van der Waals surface area contributed by atoms with Gasteiger partial charge in [0, 0.05) is 0 Å². The minimum atomic E-state index is -0.379. The Morgan fingerprint density at radius 3 is 2.23 bits per heavy atom. The van der Waals surface area contributed by atoms with Gasteiger partial charge >= 0.3 is 5.97 Å². The summed E-state index contributed by atoms with van der Waals surface area (Å²) in [5.74, 6) is -0.698. The lowest BCUT2D eigenvalue weighted by Crippen LogP contribution is -2.00. The van der Waals surface area contributed by atoms with Crippen molar-refractivity contribution in [1.82, 2.24) is 0 Å². The van der Waals surface area contributed by atoms with Gasteiger partial charge in [0.1, 0.15) is 5.82 Å². The quantitative estimate of drug-likeness (QED) is 0.563. The van der Waals surface area contributed by atoms with Crippen molar-refractivity contribution in [2.45, 2.75) is 25.7 Å². The van der Waals surface area contributed by atoms with Crippen molar-refractivity contribution in [3.63, 3.8) is 0 Å². The van der Waals surface area contributed by atoms with Crippen LogP contribution in [-0.2, 0) is 17.6 Å². The minimum absolute atomic E-state index is 0.177. The Kier molecular flexibility index (Phi) is 5.96. The maximum Gasteiger partial charge on any atom is 0.337 e. The zero-order chi connectivity index (χ0) is 15.9. The third-order valence-electron chi connectivity index (χ3n) is 3.54. The molecule has 2 aromatic rings. The Labute approximate surface area is 134 Å². The summed E-state index contributed by atoms with van der Waals surface area (Å²) in [4.78, 5) is 11.3. The SMILES string of the molecule is COC(=O)c1ccc(CCCCc2ccc(F)c(Cl)c2)cc1. The van der Waals surface area contributed by atoms with Crippen LogP contribution in [0, 0.1) is 5.82 Å². The van der Waals surface area contributed by atoms with Crippen LogP contribution in [0.15, 0.2) is 42.5 Å². The molecule has 0 aromatic heterocycles. The number of benzene rings is 2. The van der Waals surface area contributed by atoms with E-state index in [-0.39, 0.29) is 16.8 Å². The lowest BCUT2D eigenvalue weighted by Gasteiger charge is -2.05. The predicted octanol–water partition coefficient (Wildman–Crippen LogP) is 4.83. The van der Waals surface area contributed by atoms with Crippen LogP contribution in [-0.4, -0.2) is 13.1 Å². The van der Waals surface area contributed by atoms with Crippen molar-refractivity contribution in [3.8, 4) is 0 Å². The van der Waals surface area contributed by atoms with Crippen molar-refractivity contribution >= 4 is 17.6 Å². The number of aryl methyl sites for hydroxylation is 2. The molecule has 0 aliphatic heterocycles. The van der Waals surface area contributed by atoms with Crippen molar-refractivity contribution < 1.29 is 13.9 Å². The minimum Gasteiger partial charge on any atom is -0.465 e. The standard InChI is InChI=1S/C18H18ClFO2/c1-22-18(21)15-9-6-13(7-10-15)4-2-3-5-14-8-11-17(20)16(19)12-14/h6-12H,2-5H2,1H3. The zero-order valence-electron chi connectivity index (χ0n) is 12.4.